The van der Waals surface area contributed by atoms with E-state index in [0.717, 1.165) is 0 Å². The van der Waals surface area contributed by atoms with Crippen LogP contribution >= 0.6 is 28.3 Å². The summed E-state index contributed by atoms with van der Waals surface area (Å²) in [5.41, 5.74) is 5.79. The zero-order valence-corrected chi connectivity index (χ0v) is 7.95. The summed E-state index contributed by atoms with van der Waals surface area (Å²) in [4.78, 5) is 3.53. The molecule has 0 fully saturated rings. The van der Waals surface area contributed by atoms with Crippen LogP contribution in [0.3, 0.4) is 0 Å². The molecule has 0 spiro atoms. The molecule has 0 saturated carbocycles. The molecule has 62 valence electrons. The van der Waals surface area contributed by atoms with Gasteiger partial charge < -0.3 is 5.73 Å². The average Bonchev–Trinajstić information content (AvgIpc) is 1.85. The van der Waals surface area contributed by atoms with Gasteiger partial charge in [0.25, 0.3) is 0 Å². The third-order valence-electron chi connectivity index (χ3n) is 1.02. The molecule has 0 aliphatic heterocycles. The monoisotopic (exact) mass is 240 g/mol. The SMILES string of the molecule is Cl.NCc1cc(Br)cc(F)n1. The quantitative estimate of drug-likeness (QED) is 0.762. The molecule has 0 aromatic carbocycles. The third kappa shape index (κ3) is 3.14. The largest absolute Gasteiger partial charge is 0.325 e. The molecule has 2 N–H and O–H groups in total. The van der Waals surface area contributed by atoms with Crippen molar-refractivity contribution >= 4 is 28.3 Å². The van der Waals surface area contributed by atoms with E-state index < -0.39 is 5.95 Å². The molecule has 1 aromatic rings. The maximum absolute atomic E-state index is 12.4. The van der Waals surface area contributed by atoms with Gasteiger partial charge >= 0.3 is 0 Å². The number of aromatic nitrogens is 1. The minimum atomic E-state index is -0.505. The second kappa shape index (κ2) is 4.64. The zero-order chi connectivity index (χ0) is 7.56. The molecule has 0 radical (unpaired) electrons. The Morgan fingerprint density at radius 1 is 1.55 bits per heavy atom. The molecule has 1 heterocycles. The van der Waals surface area contributed by atoms with E-state index in [2.05, 4.69) is 20.9 Å². The minimum Gasteiger partial charge on any atom is -0.325 e. The Bertz CT molecular complexity index is 224. The van der Waals surface area contributed by atoms with Crippen LogP contribution in [0.15, 0.2) is 16.6 Å². The van der Waals surface area contributed by atoms with Crippen molar-refractivity contribution in [1.29, 1.82) is 0 Å². The highest BCUT2D eigenvalue weighted by molar-refractivity contribution is 9.10. The predicted octanol–water partition coefficient (Wildman–Crippen LogP) is 1.86. The summed E-state index contributed by atoms with van der Waals surface area (Å²) in [5, 5.41) is 0. The van der Waals surface area contributed by atoms with Crippen molar-refractivity contribution in [3.63, 3.8) is 0 Å². The van der Waals surface area contributed by atoms with Crippen molar-refractivity contribution < 1.29 is 4.39 Å². The van der Waals surface area contributed by atoms with Gasteiger partial charge in [-0.15, -0.1) is 12.4 Å². The van der Waals surface area contributed by atoms with Gasteiger partial charge in [0.15, 0.2) is 0 Å². The molecule has 0 amide bonds. The summed E-state index contributed by atoms with van der Waals surface area (Å²) in [5.74, 6) is -0.505. The van der Waals surface area contributed by atoms with Gasteiger partial charge in [-0.3, -0.25) is 0 Å². The Hall–Kier alpha value is -0.190. The number of pyridine rings is 1. The lowest BCUT2D eigenvalue weighted by Crippen LogP contribution is -2.00. The average molecular weight is 241 g/mol. The fourth-order valence-corrected chi connectivity index (χ4v) is 1.07. The van der Waals surface area contributed by atoms with Crippen molar-refractivity contribution in [3.05, 3.63) is 28.2 Å². The molecule has 0 saturated heterocycles. The zero-order valence-electron chi connectivity index (χ0n) is 5.55. The second-order valence-electron chi connectivity index (χ2n) is 1.80. The highest BCUT2D eigenvalue weighted by atomic mass is 79.9. The lowest BCUT2D eigenvalue weighted by Gasteiger charge is -1.95. The summed E-state index contributed by atoms with van der Waals surface area (Å²) in [6.45, 7) is 0.260. The Morgan fingerprint density at radius 3 is 2.64 bits per heavy atom. The van der Waals surface area contributed by atoms with E-state index in [1.54, 1.807) is 6.07 Å². The maximum Gasteiger partial charge on any atom is 0.214 e. The first-order valence-electron chi connectivity index (χ1n) is 2.74. The molecule has 0 aliphatic rings. The highest BCUT2D eigenvalue weighted by Gasteiger charge is 1.96. The van der Waals surface area contributed by atoms with E-state index in [1.807, 2.05) is 0 Å². The van der Waals surface area contributed by atoms with E-state index in [-0.39, 0.29) is 19.0 Å². The second-order valence-corrected chi connectivity index (χ2v) is 2.72. The van der Waals surface area contributed by atoms with Crippen LogP contribution in [0, 0.1) is 5.95 Å². The Labute approximate surface area is 78.5 Å². The van der Waals surface area contributed by atoms with Gasteiger partial charge in [0.05, 0.1) is 5.69 Å². The van der Waals surface area contributed by atoms with Crippen molar-refractivity contribution in [2.24, 2.45) is 5.73 Å². The molecule has 2 nitrogen and oxygen atoms in total. The fraction of sp³-hybridized carbons (Fsp3) is 0.167. The van der Waals surface area contributed by atoms with Gasteiger partial charge in [0.2, 0.25) is 5.95 Å². The van der Waals surface area contributed by atoms with Crippen LogP contribution in [0.2, 0.25) is 0 Å². The topological polar surface area (TPSA) is 38.9 Å². The first-order valence-corrected chi connectivity index (χ1v) is 3.53. The number of hydrogen-bond acceptors (Lipinski definition) is 2. The molecule has 0 atom stereocenters. The predicted molar refractivity (Wildman–Crippen MR) is 47.0 cm³/mol. The van der Waals surface area contributed by atoms with Crippen LogP contribution in [0.1, 0.15) is 5.69 Å². The summed E-state index contributed by atoms with van der Waals surface area (Å²) < 4.78 is 13.1. The molecule has 1 aromatic heterocycles. The fourth-order valence-electron chi connectivity index (χ4n) is 0.621. The van der Waals surface area contributed by atoms with Crippen LogP contribution in [-0.4, -0.2) is 4.98 Å². The smallest absolute Gasteiger partial charge is 0.214 e. The van der Waals surface area contributed by atoms with E-state index in [9.17, 15) is 4.39 Å². The van der Waals surface area contributed by atoms with Crippen LogP contribution in [-0.2, 0) is 6.54 Å². The third-order valence-corrected chi connectivity index (χ3v) is 1.48. The first kappa shape index (κ1) is 10.8. The highest BCUT2D eigenvalue weighted by Crippen LogP contribution is 2.10. The molecule has 0 bridgehead atoms. The molecule has 0 aliphatic carbocycles. The number of nitrogens with zero attached hydrogens (tertiary/aromatic N) is 1. The van der Waals surface area contributed by atoms with Gasteiger partial charge in [0, 0.05) is 17.1 Å². The molecule has 0 unspecified atom stereocenters. The number of hydrogen-bond donors (Lipinski definition) is 1. The van der Waals surface area contributed by atoms with Crippen molar-refractivity contribution in [3.8, 4) is 0 Å². The lowest BCUT2D eigenvalue weighted by atomic mass is 10.3. The first-order chi connectivity index (χ1) is 4.72. The minimum absolute atomic E-state index is 0. The van der Waals surface area contributed by atoms with Gasteiger partial charge in [-0.2, -0.15) is 4.39 Å². The number of rotatable bonds is 1. The van der Waals surface area contributed by atoms with Crippen molar-refractivity contribution in [2.75, 3.05) is 0 Å². The van der Waals surface area contributed by atoms with Crippen LogP contribution < -0.4 is 5.73 Å². The summed E-state index contributed by atoms with van der Waals surface area (Å²) in [6, 6.07) is 2.97. The molecular weight excluding hydrogens is 234 g/mol. The molecule has 1 rings (SSSR count). The lowest BCUT2D eigenvalue weighted by molar-refractivity contribution is 0.576. The molecule has 5 heteroatoms. The van der Waals surface area contributed by atoms with E-state index in [4.69, 9.17) is 5.73 Å². The summed E-state index contributed by atoms with van der Waals surface area (Å²) in [6.07, 6.45) is 0. The standard InChI is InChI=1S/C6H6BrFN2.ClH/c7-4-1-5(3-9)10-6(8)2-4;/h1-2H,3,9H2;1H. The summed E-state index contributed by atoms with van der Waals surface area (Å²) >= 11 is 3.12. The number of halogens is 3. The van der Waals surface area contributed by atoms with Crippen molar-refractivity contribution in [1.82, 2.24) is 4.98 Å². The van der Waals surface area contributed by atoms with E-state index in [0.29, 0.717) is 10.2 Å². The van der Waals surface area contributed by atoms with Gasteiger partial charge in [-0.25, -0.2) is 4.98 Å². The normalized spacial score (nSPS) is 9.00. The van der Waals surface area contributed by atoms with E-state index >= 15 is 0 Å². The van der Waals surface area contributed by atoms with Gasteiger partial charge in [-0.05, 0) is 6.07 Å². The Kier molecular flexibility index (Phi) is 4.56. The molecule has 11 heavy (non-hydrogen) atoms. The van der Waals surface area contributed by atoms with E-state index in [1.165, 1.54) is 6.07 Å². The van der Waals surface area contributed by atoms with Crippen LogP contribution in [0.5, 0.6) is 0 Å². The van der Waals surface area contributed by atoms with Crippen LogP contribution in [0.4, 0.5) is 4.39 Å². The van der Waals surface area contributed by atoms with Crippen molar-refractivity contribution in [2.45, 2.75) is 6.54 Å². The van der Waals surface area contributed by atoms with Gasteiger partial charge in [0.1, 0.15) is 0 Å². The Morgan fingerprint density at radius 2 is 2.18 bits per heavy atom. The Balaban J connectivity index is 0.000001000. The summed E-state index contributed by atoms with van der Waals surface area (Å²) in [7, 11) is 0. The maximum atomic E-state index is 12.4. The molecular formula is C6H7BrClFN2. The number of nitrogens with two attached hydrogens (primary N) is 1. The van der Waals surface area contributed by atoms with Crippen LogP contribution in [0.25, 0.3) is 0 Å². The van der Waals surface area contributed by atoms with Gasteiger partial charge in [-0.1, -0.05) is 15.9 Å².